The van der Waals surface area contributed by atoms with E-state index in [1.54, 1.807) is 27.7 Å². The predicted molar refractivity (Wildman–Crippen MR) is 369 cm³/mol. The lowest BCUT2D eigenvalue weighted by Crippen LogP contribution is -2.61. The Bertz CT molecular complexity index is 3340. The van der Waals surface area contributed by atoms with Crippen molar-refractivity contribution in [3.63, 3.8) is 0 Å². The predicted octanol–water partition coefficient (Wildman–Crippen LogP) is -3.69. The van der Waals surface area contributed by atoms with Crippen LogP contribution in [0.3, 0.4) is 0 Å². The van der Waals surface area contributed by atoms with E-state index in [1.807, 2.05) is 0 Å². The first-order valence-electron chi connectivity index (χ1n) is 32.0. The number of carbonyl (C=O) groups excluding carboxylic acids is 14. The Morgan fingerprint density at radius 3 is 1.70 bits per heavy atom. The molecule has 3 fully saturated rings. The number of hydrogen-bond acceptors (Lipinski definition) is 22. The zero-order chi connectivity index (χ0) is 72.3. The van der Waals surface area contributed by atoms with Gasteiger partial charge in [-0.2, -0.15) is 0 Å². The Morgan fingerprint density at radius 2 is 1.12 bits per heavy atom. The van der Waals surface area contributed by atoms with Gasteiger partial charge in [-0.05, 0) is 85.9 Å². The molecule has 1 aromatic heterocycles. The summed E-state index contributed by atoms with van der Waals surface area (Å²) in [5.41, 5.74) is 12.9. The minimum absolute atomic E-state index is 0.00237. The molecular weight excluding hydrogens is 1370 g/mol. The number of aromatic nitrogens is 2. The Balaban J connectivity index is 1.43. The Kier molecular flexibility index (Phi) is 31.7. The lowest BCUT2D eigenvalue weighted by atomic mass is 10.0. The van der Waals surface area contributed by atoms with Crippen LogP contribution in [0, 0.1) is 11.8 Å². The summed E-state index contributed by atoms with van der Waals surface area (Å²) in [5, 5.41) is 54.2. The van der Waals surface area contributed by atoms with E-state index in [-0.39, 0.29) is 97.8 Å². The third kappa shape index (κ3) is 26.4. The molecule has 6 rings (SSSR count). The standard InChI is InChI=1S/C62H87N17O16S4/c1-31(2)19-40-56(89)77-46-28-99-97-27-45(54(87)67-24-49(83)70-41(20-33-8-12-36(80)13-9-33)57(90)71-38(55(88)72-40)7-5-6-18-63)76-61(94)47(78-62(95)51(32(3)4)79-50(84)25-66-53(86)39-16-17-48(82)69-39)29-98-96-26-44(52(64)85)75-58(91)42(21-34-10-14-37(81)15-11-34)73-59(92)43(74-60(46)93)22-35-23-65-30-68-35/h8-15,23,30-32,38-47,51,80-81H,5-7,16-22,24-29,63H2,1-4H3,(H2,64,85)(H,65,68)(H,66,86)(H,67,87)(H,69,82)(H,70,83)(H,71,90)(H,72,88)(H,73,92)(H,74,93)(H,75,91)(H,76,94)(H,77,89)(H,78,95)(H,79,84)/t38-,39-,40-,41-,42-,43-,44-,45-,46-,47-,51-/m0/s1. The number of benzene rings is 2. The maximum atomic E-state index is 15.0. The van der Waals surface area contributed by atoms with Crippen LogP contribution in [-0.4, -0.2) is 212 Å². The molecule has 2 aromatic carbocycles. The number of aromatic amines is 1. The van der Waals surface area contributed by atoms with Crippen LogP contribution in [0.1, 0.15) is 83.0 Å². The highest BCUT2D eigenvalue weighted by Gasteiger charge is 2.38. The molecule has 0 unspecified atom stereocenters. The molecule has 0 radical (unpaired) electrons. The molecular formula is C62H87N17O16S4. The molecule has 20 N–H and O–H groups in total. The zero-order valence-corrected chi connectivity index (χ0v) is 58.2. The van der Waals surface area contributed by atoms with Crippen LogP contribution >= 0.6 is 43.2 Å². The van der Waals surface area contributed by atoms with Gasteiger partial charge < -0.3 is 95.8 Å². The van der Waals surface area contributed by atoms with Gasteiger partial charge in [-0.15, -0.1) is 0 Å². The largest absolute Gasteiger partial charge is 0.508 e. The van der Waals surface area contributed by atoms with Crippen molar-refractivity contribution in [2.24, 2.45) is 23.3 Å². The van der Waals surface area contributed by atoms with E-state index in [0.29, 0.717) is 29.7 Å². The molecule has 2 bridgehead atoms. The number of nitrogens with one attached hydrogen (secondary N) is 14. The lowest BCUT2D eigenvalue weighted by Gasteiger charge is -2.29. The molecule has 540 valence electrons. The first-order chi connectivity index (χ1) is 47.2. The SMILES string of the molecule is CC(C)C[C@@H]1NC(=O)[C@H](CCCCN)NC(=O)[C@H](Cc2ccc(O)cc2)NC(=O)CNC(=O)[C@@H]2CSSC[C@H](NC1=O)C(=O)N[C@@H](Cc1cnc[nH]1)C(=O)N[C@@H](Cc1ccc(O)cc1)C(=O)N[C@H](C(N)=O)CSSC[C@H](NC(=O)[C@@H](NC(=O)CNC(=O)[C@@H]1CCC(=O)N1)C(C)C)C(=O)N2. The van der Waals surface area contributed by atoms with E-state index in [0.717, 1.165) is 43.2 Å². The fourth-order valence-corrected chi connectivity index (χ4v) is 14.9. The summed E-state index contributed by atoms with van der Waals surface area (Å²) >= 11 is 0. The van der Waals surface area contributed by atoms with E-state index < -0.39 is 162 Å². The first kappa shape index (κ1) is 79.2. The van der Waals surface area contributed by atoms with Crippen molar-refractivity contribution in [2.45, 2.75) is 152 Å². The highest BCUT2D eigenvalue weighted by molar-refractivity contribution is 8.77. The van der Waals surface area contributed by atoms with Gasteiger partial charge in [0.05, 0.1) is 19.4 Å². The number of unbranched alkanes of at least 4 members (excludes halogenated alkanes) is 1. The molecule has 3 aliphatic heterocycles. The van der Waals surface area contributed by atoms with Crippen molar-refractivity contribution in [3.8, 4) is 11.5 Å². The second-order valence-electron chi connectivity index (χ2n) is 24.5. The topological polar surface area (TPSA) is 517 Å². The Labute approximate surface area is 586 Å². The van der Waals surface area contributed by atoms with E-state index in [9.17, 15) is 72.5 Å². The van der Waals surface area contributed by atoms with Crippen molar-refractivity contribution in [1.82, 2.24) is 79.1 Å². The van der Waals surface area contributed by atoms with Gasteiger partial charge in [0.15, 0.2) is 0 Å². The maximum absolute atomic E-state index is 15.0. The van der Waals surface area contributed by atoms with Gasteiger partial charge in [-0.1, -0.05) is 95.1 Å². The molecule has 33 nitrogen and oxygen atoms in total. The van der Waals surface area contributed by atoms with Crippen LogP contribution in [0.5, 0.6) is 11.5 Å². The smallest absolute Gasteiger partial charge is 0.244 e. The summed E-state index contributed by atoms with van der Waals surface area (Å²) in [5.74, 6) is -14.6. The number of rotatable bonds is 20. The number of nitrogens with zero attached hydrogens (tertiary/aromatic N) is 1. The van der Waals surface area contributed by atoms with Crippen LogP contribution in [0.2, 0.25) is 0 Å². The number of primary amides is 1. The molecule has 3 aromatic rings. The molecule has 14 amide bonds. The number of fused-ring (bicyclic) bond motifs is 5. The minimum Gasteiger partial charge on any atom is -0.508 e. The maximum Gasteiger partial charge on any atom is 0.244 e. The average molecular weight is 1450 g/mol. The fourth-order valence-electron chi connectivity index (χ4n) is 10.2. The van der Waals surface area contributed by atoms with Crippen molar-refractivity contribution >= 4 is 126 Å². The molecule has 99 heavy (non-hydrogen) atoms. The number of phenols is 2. The molecule has 4 heterocycles. The third-order valence-corrected chi connectivity index (χ3v) is 20.5. The Hall–Kier alpha value is -8.81. The van der Waals surface area contributed by atoms with E-state index >= 15 is 4.79 Å². The monoisotopic (exact) mass is 1450 g/mol. The number of carbonyl (C=O) groups is 14. The second kappa shape index (κ2) is 39.7. The van der Waals surface area contributed by atoms with Crippen LogP contribution in [0.15, 0.2) is 61.1 Å². The second-order valence-corrected chi connectivity index (χ2v) is 29.6. The molecule has 0 saturated carbocycles. The molecule has 11 atom stereocenters. The highest BCUT2D eigenvalue weighted by Crippen LogP contribution is 2.26. The van der Waals surface area contributed by atoms with Gasteiger partial charge in [0.2, 0.25) is 82.7 Å². The molecule has 3 aliphatic rings. The van der Waals surface area contributed by atoms with Gasteiger partial charge in [-0.25, -0.2) is 4.98 Å². The number of amides is 14. The van der Waals surface area contributed by atoms with Crippen LogP contribution in [0.25, 0.3) is 0 Å². The summed E-state index contributed by atoms with van der Waals surface area (Å²) < 4.78 is 0. The third-order valence-electron chi connectivity index (χ3n) is 15.7. The van der Waals surface area contributed by atoms with Crippen LogP contribution < -0.4 is 80.6 Å². The molecule has 37 heteroatoms. The van der Waals surface area contributed by atoms with Crippen molar-refractivity contribution in [3.05, 3.63) is 77.9 Å². The number of nitrogens with two attached hydrogens (primary N) is 2. The molecule has 0 aliphatic carbocycles. The first-order valence-corrected chi connectivity index (χ1v) is 37.0. The lowest BCUT2D eigenvalue weighted by molar-refractivity contribution is -0.135. The minimum atomic E-state index is -1.61. The van der Waals surface area contributed by atoms with E-state index in [1.165, 1.54) is 61.1 Å². The highest BCUT2D eigenvalue weighted by atomic mass is 33.1. The molecule has 0 spiro atoms. The number of aromatic hydroxyl groups is 2. The van der Waals surface area contributed by atoms with Crippen molar-refractivity contribution in [1.29, 1.82) is 0 Å². The molecule has 3 saturated heterocycles. The van der Waals surface area contributed by atoms with E-state index in [4.69, 9.17) is 11.5 Å². The zero-order valence-electron chi connectivity index (χ0n) is 54.9. The summed E-state index contributed by atoms with van der Waals surface area (Å²) in [6.45, 7) is 5.52. The average Bonchev–Trinajstić information content (AvgIpc) is 1.32. The van der Waals surface area contributed by atoms with Gasteiger partial charge in [0.1, 0.15) is 78.0 Å². The van der Waals surface area contributed by atoms with Gasteiger partial charge >= 0.3 is 0 Å². The fraction of sp³-hybridized carbons (Fsp3) is 0.532. The van der Waals surface area contributed by atoms with Crippen molar-refractivity contribution in [2.75, 3.05) is 42.6 Å². The quantitative estimate of drug-likeness (QED) is 0.0383. The summed E-state index contributed by atoms with van der Waals surface area (Å²) in [6.07, 6.45) is 2.98. The number of hydrogen-bond donors (Lipinski definition) is 18. The van der Waals surface area contributed by atoms with Gasteiger partial charge in [-0.3, -0.25) is 67.1 Å². The number of phenolic OH excluding ortho intramolecular Hbond substituents is 2. The van der Waals surface area contributed by atoms with Crippen molar-refractivity contribution < 1.29 is 77.3 Å². The number of imidazole rings is 1. The van der Waals surface area contributed by atoms with Crippen LogP contribution in [0.4, 0.5) is 0 Å². The van der Waals surface area contributed by atoms with Gasteiger partial charge in [0, 0.05) is 60.6 Å². The number of H-pyrrole nitrogens is 1. The van der Waals surface area contributed by atoms with Crippen LogP contribution in [-0.2, 0) is 86.4 Å². The van der Waals surface area contributed by atoms with Gasteiger partial charge in [0.25, 0.3) is 0 Å². The van der Waals surface area contributed by atoms with E-state index in [2.05, 4.69) is 79.1 Å². The summed E-state index contributed by atoms with van der Waals surface area (Å²) in [7, 11) is 3.64. The normalized spacial score (nSPS) is 24.4. The summed E-state index contributed by atoms with van der Waals surface area (Å²) in [4.78, 5) is 204. The summed E-state index contributed by atoms with van der Waals surface area (Å²) in [6, 6.07) is -4.42. The Morgan fingerprint density at radius 1 is 0.586 bits per heavy atom.